The zero-order chi connectivity index (χ0) is 17.5. The van der Waals surface area contributed by atoms with Crippen molar-refractivity contribution in [2.24, 2.45) is 0 Å². The predicted molar refractivity (Wildman–Crippen MR) is 107 cm³/mol. The maximum absolute atomic E-state index is 4.54. The molecule has 3 rings (SSSR count). The molecule has 0 radical (unpaired) electrons. The monoisotopic (exact) mass is 348 g/mol. The van der Waals surface area contributed by atoms with Gasteiger partial charge in [0, 0.05) is 11.1 Å². The number of pyridine rings is 1. The number of aromatic nitrogens is 1. The Balaban J connectivity index is 1.75. The highest BCUT2D eigenvalue weighted by atomic mass is 32.2. The minimum atomic E-state index is 0.0571. The lowest BCUT2D eigenvalue weighted by molar-refractivity contribution is 0.732. The van der Waals surface area contributed by atoms with Gasteiger partial charge in [-0.25, -0.2) is 4.72 Å². The smallest absolute Gasteiger partial charge is 0.0846 e. The van der Waals surface area contributed by atoms with E-state index in [9.17, 15) is 0 Å². The first-order valence-electron chi connectivity index (χ1n) is 8.76. The number of nitrogens with zero attached hydrogens (tertiary/aromatic N) is 1. The van der Waals surface area contributed by atoms with Crippen LogP contribution in [0.15, 0.2) is 83.9 Å². The Bertz CT molecular complexity index is 718. The van der Waals surface area contributed by atoms with E-state index in [1.54, 1.807) is 11.9 Å². The lowest BCUT2D eigenvalue weighted by atomic mass is 9.99. The second-order valence-corrected chi connectivity index (χ2v) is 7.11. The molecule has 0 aliphatic heterocycles. The van der Waals surface area contributed by atoms with E-state index in [4.69, 9.17) is 0 Å². The maximum Gasteiger partial charge on any atom is 0.0846 e. The van der Waals surface area contributed by atoms with Crippen molar-refractivity contribution in [3.63, 3.8) is 0 Å². The molecule has 1 aromatic heterocycles. The number of hydrogen-bond acceptors (Lipinski definition) is 3. The first-order valence-corrected chi connectivity index (χ1v) is 9.57. The molecule has 3 aromatic rings. The minimum absolute atomic E-state index is 0.0571. The van der Waals surface area contributed by atoms with Gasteiger partial charge in [-0.1, -0.05) is 62.4 Å². The fraction of sp³-hybridized carbons (Fsp3) is 0.227. The summed E-state index contributed by atoms with van der Waals surface area (Å²) >= 11 is 1.66. The molecule has 2 aromatic carbocycles. The van der Waals surface area contributed by atoms with Gasteiger partial charge in [-0.3, -0.25) is 4.98 Å². The molecule has 2 nitrogen and oxygen atoms in total. The van der Waals surface area contributed by atoms with Crippen molar-refractivity contribution in [3.05, 3.63) is 95.8 Å². The highest BCUT2D eigenvalue weighted by Crippen LogP contribution is 2.27. The van der Waals surface area contributed by atoms with Gasteiger partial charge >= 0.3 is 0 Å². The van der Waals surface area contributed by atoms with Crippen LogP contribution < -0.4 is 4.72 Å². The third-order valence-electron chi connectivity index (χ3n) is 4.47. The third-order valence-corrected chi connectivity index (χ3v) is 5.33. The summed E-state index contributed by atoms with van der Waals surface area (Å²) < 4.78 is 3.59. The fourth-order valence-corrected chi connectivity index (χ4v) is 3.50. The Morgan fingerprint density at radius 1 is 0.880 bits per heavy atom. The van der Waals surface area contributed by atoms with Crippen molar-refractivity contribution in [3.8, 4) is 0 Å². The molecule has 25 heavy (non-hydrogen) atoms. The molecular weight excluding hydrogens is 324 g/mol. The number of benzene rings is 2. The standard InChI is InChI=1S/C22H24N2S/c1-3-17(2)18-12-14-20(15-13-18)25-24-22(19-9-5-4-6-10-19)21-11-7-8-16-23-21/h4-17,22,24H,3H2,1-2H3. The van der Waals surface area contributed by atoms with Crippen LogP contribution in [0, 0.1) is 0 Å². The first-order chi connectivity index (χ1) is 12.3. The average Bonchev–Trinajstić information content (AvgIpc) is 2.70. The van der Waals surface area contributed by atoms with Gasteiger partial charge in [-0.05, 0) is 59.7 Å². The topological polar surface area (TPSA) is 24.9 Å². The SMILES string of the molecule is CCC(C)c1ccc(SNC(c2ccccc2)c2ccccn2)cc1. The average molecular weight is 349 g/mol. The number of rotatable bonds is 7. The minimum Gasteiger partial charge on any atom is -0.259 e. The summed E-state index contributed by atoms with van der Waals surface area (Å²) in [6.45, 7) is 4.50. The third kappa shape index (κ3) is 4.71. The summed E-state index contributed by atoms with van der Waals surface area (Å²) in [6, 6.07) is 25.4. The summed E-state index contributed by atoms with van der Waals surface area (Å²) in [7, 11) is 0. The van der Waals surface area contributed by atoms with Crippen molar-refractivity contribution >= 4 is 11.9 Å². The Hall–Kier alpha value is -2.10. The molecule has 0 saturated carbocycles. The second kappa shape index (κ2) is 8.84. The van der Waals surface area contributed by atoms with Gasteiger partial charge in [0.25, 0.3) is 0 Å². The van der Waals surface area contributed by atoms with Crippen molar-refractivity contribution in [1.82, 2.24) is 9.71 Å². The quantitative estimate of drug-likeness (QED) is 0.532. The zero-order valence-corrected chi connectivity index (χ0v) is 15.5. The molecule has 0 aliphatic rings. The molecule has 0 saturated heterocycles. The summed E-state index contributed by atoms with van der Waals surface area (Å²) in [6.07, 6.45) is 3.01. The summed E-state index contributed by atoms with van der Waals surface area (Å²) in [5.74, 6) is 0.609. The van der Waals surface area contributed by atoms with Crippen LogP contribution in [-0.4, -0.2) is 4.98 Å². The van der Waals surface area contributed by atoms with Crippen LogP contribution in [0.4, 0.5) is 0 Å². The van der Waals surface area contributed by atoms with Crippen LogP contribution in [-0.2, 0) is 0 Å². The van der Waals surface area contributed by atoms with Gasteiger partial charge in [0.15, 0.2) is 0 Å². The van der Waals surface area contributed by atoms with E-state index in [0.717, 1.165) is 5.69 Å². The predicted octanol–water partition coefficient (Wildman–Crippen LogP) is 5.98. The number of hydrogen-bond donors (Lipinski definition) is 1. The van der Waals surface area contributed by atoms with Gasteiger partial charge in [0.05, 0.1) is 11.7 Å². The van der Waals surface area contributed by atoms with E-state index in [1.807, 2.05) is 24.4 Å². The van der Waals surface area contributed by atoms with E-state index in [2.05, 4.69) is 78.2 Å². The van der Waals surface area contributed by atoms with Crippen molar-refractivity contribution < 1.29 is 0 Å². The van der Waals surface area contributed by atoms with Gasteiger partial charge in [0.2, 0.25) is 0 Å². The molecule has 0 spiro atoms. The van der Waals surface area contributed by atoms with Gasteiger partial charge in [-0.2, -0.15) is 0 Å². The van der Waals surface area contributed by atoms with Crippen molar-refractivity contribution in [2.45, 2.75) is 37.1 Å². The molecule has 0 fully saturated rings. The normalized spacial score (nSPS) is 13.4. The molecule has 128 valence electrons. The van der Waals surface area contributed by atoms with E-state index in [1.165, 1.54) is 22.4 Å². The zero-order valence-electron chi connectivity index (χ0n) is 14.7. The molecule has 2 atom stereocenters. The molecular formula is C22H24N2S. The number of nitrogens with one attached hydrogen (secondary N) is 1. The Morgan fingerprint density at radius 2 is 1.60 bits per heavy atom. The maximum atomic E-state index is 4.54. The highest BCUT2D eigenvalue weighted by Gasteiger charge is 2.15. The molecule has 1 N–H and O–H groups in total. The lowest BCUT2D eigenvalue weighted by Crippen LogP contribution is -2.16. The second-order valence-electron chi connectivity index (χ2n) is 6.20. The molecule has 1 heterocycles. The van der Waals surface area contributed by atoms with Crippen molar-refractivity contribution in [2.75, 3.05) is 0 Å². The summed E-state index contributed by atoms with van der Waals surface area (Å²) in [5, 5.41) is 0. The largest absolute Gasteiger partial charge is 0.259 e. The van der Waals surface area contributed by atoms with E-state index < -0.39 is 0 Å². The van der Waals surface area contributed by atoms with Crippen LogP contribution in [0.25, 0.3) is 0 Å². The van der Waals surface area contributed by atoms with Gasteiger partial charge < -0.3 is 0 Å². The van der Waals surface area contributed by atoms with E-state index >= 15 is 0 Å². The molecule has 0 bridgehead atoms. The van der Waals surface area contributed by atoms with Crippen LogP contribution in [0.5, 0.6) is 0 Å². The first kappa shape index (κ1) is 17.7. The van der Waals surface area contributed by atoms with Gasteiger partial charge in [-0.15, -0.1) is 0 Å². The lowest BCUT2D eigenvalue weighted by Gasteiger charge is -2.18. The molecule has 0 amide bonds. The highest BCUT2D eigenvalue weighted by molar-refractivity contribution is 7.97. The summed E-state index contributed by atoms with van der Waals surface area (Å²) in [5.41, 5.74) is 3.64. The summed E-state index contributed by atoms with van der Waals surface area (Å²) in [4.78, 5) is 5.75. The van der Waals surface area contributed by atoms with Crippen LogP contribution in [0.1, 0.15) is 49.0 Å². The molecule has 2 unspecified atom stereocenters. The molecule has 0 aliphatic carbocycles. The molecule has 3 heteroatoms. The Kier molecular flexibility index (Phi) is 6.26. The Labute approximate surface area is 154 Å². The van der Waals surface area contributed by atoms with Crippen LogP contribution >= 0.6 is 11.9 Å². The van der Waals surface area contributed by atoms with Crippen molar-refractivity contribution in [1.29, 1.82) is 0 Å². The van der Waals surface area contributed by atoms with E-state index in [0.29, 0.717) is 5.92 Å². The van der Waals surface area contributed by atoms with E-state index in [-0.39, 0.29) is 6.04 Å². The van der Waals surface area contributed by atoms with Crippen LogP contribution in [0.2, 0.25) is 0 Å². The Morgan fingerprint density at radius 3 is 2.24 bits per heavy atom. The van der Waals surface area contributed by atoms with Gasteiger partial charge in [0.1, 0.15) is 0 Å². The fourth-order valence-electron chi connectivity index (χ4n) is 2.72. The van der Waals surface area contributed by atoms with Crippen LogP contribution in [0.3, 0.4) is 0 Å².